The number of anilines is 1. The lowest BCUT2D eigenvalue weighted by molar-refractivity contribution is -0.121. The van der Waals surface area contributed by atoms with E-state index in [2.05, 4.69) is 5.32 Å². The molecule has 0 unspecified atom stereocenters. The zero-order valence-electron chi connectivity index (χ0n) is 16.6. The van der Waals surface area contributed by atoms with Gasteiger partial charge >= 0.3 is 0 Å². The third-order valence-electron chi connectivity index (χ3n) is 4.98. The van der Waals surface area contributed by atoms with E-state index in [4.69, 9.17) is 4.74 Å². The van der Waals surface area contributed by atoms with E-state index in [0.29, 0.717) is 38.1 Å². The van der Waals surface area contributed by atoms with Crippen LogP contribution in [0.25, 0.3) is 0 Å². The number of amides is 2. The van der Waals surface area contributed by atoms with E-state index >= 15 is 0 Å². The van der Waals surface area contributed by atoms with E-state index in [1.165, 1.54) is 0 Å². The highest BCUT2D eigenvalue weighted by Crippen LogP contribution is 2.21. The molecule has 1 aliphatic heterocycles. The van der Waals surface area contributed by atoms with Gasteiger partial charge in [-0.1, -0.05) is 30.3 Å². The van der Waals surface area contributed by atoms with Crippen molar-refractivity contribution in [1.82, 2.24) is 4.90 Å². The summed E-state index contributed by atoms with van der Waals surface area (Å²) in [4.78, 5) is 27.0. The molecule has 1 saturated heterocycles. The topological polar surface area (TPSA) is 58.6 Å². The normalized spacial score (nSPS) is 14.9. The van der Waals surface area contributed by atoms with Crippen molar-refractivity contribution >= 4 is 17.5 Å². The zero-order valence-corrected chi connectivity index (χ0v) is 16.6. The van der Waals surface area contributed by atoms with E-state index in [1.807, 2.05) is 73.3 Å². The second kappa shape index (κ2) is 9.51. The monoisotopic (exact) mass is 380 g/mol. The zero-order chi connectivity index (χ0) is 19.9. The van der Waals surface area contributed by atoms with Crippen LogP contribution in [0.3, 0.4) is 0 Å². The van der Waals surface area contributed by atoms with Gasteiger partial charge in [-0.2, -0.15) is 0 Å². The number of para-hydroxylation sites is 1. The quantitative estimate of drug-likeness (QED) is 0.821. The smallest absolute Gasteiger partial charge is 0.253 e. The largest absolute Gasteiger partial charge is 0.374 e. The first-order valence-electron chi connectivity index (χ1n) is 9.88. The molecule has 5 nitrogen and oxygen atoms in total. The molecule has 2 amide bonds. The van der Waals surface area contributed by atoms with Gasteiger partial charge in [0.15, 0.2) is 0 Å². The number of piperidine rings is 1. The maximum absolute atomic E-state index is 12.7. The molecule has 2 aromatic carbocycles. The van der Waals surface area contributed by atoms with Gasteiger partial charge in [0.25, 0.3) is 5.91 Å². The Balaban J connectivity index is 1.50. The van der Waals surface area contributed by atoms with Crippen LogP contribution in [0.15, 0.2) is 54.6 Å². The van der Waals surface area contributed by atoms with Gasteiger partial charge in [0.05, 0.1) is 12.7 Å². The summed E-state index contributed by atoms with van der Waals surface area (Å²) < 4.78 is 5.59. The van der Waals surface area contributed by atoms with Crippen LogP contribution in [-0.4, -0.2) is 35.9 Å². The molecule has 0 aromatic heterocycles. The molecule has 0 spiro atoms. The lowest BCUT2D eigenvalue weighted by atomic mass is 9.95. The molecule has 148 valence electrons. The standard InChI is InChI=1S/C23H28N2O3/c1-17(2)28-16-18-8-10-20(11-9-18)23(27)25-14-12-19(13-15-25)22(26)24-21-6-4-3-5-7-21/h3-11,17,19H,12-16H2,1-2H3,(H,24,26). The number of carbonyl (C=O) groups excluding carboxylic acids is 2. The fourth-order valence-corrected chi connectivity index (χ4v) is 3.30. The maximum Gasteiger partial charge on any atom is 0.253 e. The number of hydrogen-bond acceptors (Lipinski definition) is 3. The van der Waals surface area contributed by atoms with Crippen LogP contribution < -0.4 is 5.32 Å². The van der Waals surface area contributed by atoms with E-state index < -0.39 is 0 Å². The van der Waals surface area contributed by atoms with Gasteiger partial charge in [0.1, 0.15) is 0 Å². The summed E-state index contributed by atoms with van der Waals surface area (Å²) >= 11 is 0. The molecule has 1 heterocycles. The number of benzene rings is 2. The first-order valence-corrected chi connectivity index (χ1v) is 9.88. The molecular formula is C23H28N2O3. The fraction of sp³-hybridized carbons (Fsp3) is 0.391. The maximum atomic E-state index is 12.7. The van der Waals surface area contributed by atoms with Crippen molar-refractivity contribution in [2.24, 2.45) is 5.92 Å². The second-order valence-corrected chi connectivity index (χ2v) is 7.48. The van der Waals surface area contributed by atoms with Crippen LogP contribution in [0.1, 0.15) is 42.6 Å². The lowest BCUT2D eigenvalue weighted by Gasteiger charge is -2.31. The molecule has 0 aliphatic carbocycles. The van der Waals surface area contributed by atoms with Crippen molar-refractivity contribution in [3.8, 4) is 0 Å². The molecule has 5 heteroatoms. The molecule has 0 radical (unpaired) electrons. The third kappa shape index (κ3) is 5.42. The van der Waals surface area contributed by atoms with Crippen LogP contribution in [-0.2, 0) is 16.1 Å². The van der Waals surface area contributed by atoms with Crippen LogP contribution in [0.2, 0.25) is 0 Å². The summed E-state index contributed by atoms with van der Waals surface area (Å²) in [7, 11) is 0. The van der Waals surface area contributed by atoms with Crippen molar-refractivity contribution < 1.29 is 14.3 Å². The molecule has 28 heavy (non-hydrogen) atoms. The van der Waals surface area contributed by atoms with E-state index in [1.54, 1.807) is 0 Å². The number of carbonyl (C=O) groups is 2. The highest BCUT2D eigenvalue weighted by Gasteiger charge is 2.27. The summed E-state index contributed by atoms with van der Waals surface area (Å²) in [6.45, 7) is 5.76. The number of rotatable bonds is 6. The minimum Gasteiger partial charge on any atom is -0.374 e. The van der Waals surface area contributed by atoms with E-state index in [0.717, 1.165) is 11.3 Å². The first-order chi connectivity index (χ1) is 13.5. The Bertz CT molecular complexity index is 779. The molecule has 1 fully saturated rings. The van der Waals surface area contributed by atoms with Crippen LogP contribution in [0.5, 0.6) is 0 Å². The van der Waals surface area contributed by atoms with Crippen molar-refractivity contribution in [3.63, 3.8) is 0 Å². The molecular weight excluding hydrogens is 352 g/mol. The molecule has 0 saturated carbocycles. The van der Waals surface area contributed by atoms with Crippen molar-refractivity contribution in [3.05, 3.63) is 65.7 Å². The fourth-order valence-electron chi connectivity index (χ4n) is 3.30. The average molecular weight is 380 g/mol. The van der Waals surface area contributed by atoms with E-state index in [9.17, 15) is 9.59 Å². The van der Waals surface area contributed by atoms with Crippen LogP contribution in [0.4, 0.5) is 5.69 Å². The van der Waals surface area contributed by atoms with Gasteiger partial charge < -0.3 is 15.0 Å². The van der Waals surface area contributed by atoms with Gasteiger partial charge in [-0.3, -0.25) is 9.59 Å². The predicted molar refractivity (Wildman–Crippen MR) is 110 cm³/mol. The Morgan fingerprint density at radius 2 is 1.68 bits per heavy atom. The molecule has 1 aliphatic rings. The Morgan fingerprint density at radius 3 is 2.29 bits per heavy atom. The summed E-state index contributed by atoms with van der Waals surface area (Å²) in [6.07, 6.45) is 1.55. The van der Waals surface area contributed by atoms with Gasteiger partial charge in [-0.05, 0) is 56.5 Å². The minimum absolute atomic E-state index is 0.0262. The van der Waals surface area contributed by atoms with Crippen LogP contribution in [0, 0.1) is 5.92 Å². The van der Waals surface area contributed by atoms with Gasteiger partial charge in [0.2, 0.25) is 5.91 Å². The predicted octanol–water partition coefficient (Wildman–Crippen LogP) is 4.10. The second-order valence-electron chi connectivity index (χ2n) is 7.48. The summed E-state index contributed by atoms with van der Waals surface area (Å²) in [5, 5.41) is 2.96. The molecule has 0 bridgehead atoms. The summed E-state index contributed by atoms with van der Waals surface area (Å²) in [5.74, 6) is 0.00543. The minimum atomic E-state index is -0.0557. The Kier molecular flexibility index (Phi) is 6.82. The molecule has 3 rings (SSSR count). The van der Waals surface area contributed by atoms with Crippen molar-refractivity contribution in [2.45, 2.75) is 39.4 Å². The number of ether oxygens (including phenoxy) is 1. The summed E-state index contributed by atoms with van der Waals surface area (Å²) in [6, 6.07) is 17.1. The van der Waals surface area contributed by atoms with Gasteiger partial charge in [-0.15, -0.1) is 0 Å². The van der Waals surface area contributed by atoms with Crippen molar-refractivity contribution in [2.75, 3.05) is 18.4 Å². The lowest BCUT2D eigenvalue weighted by Crippen LogP contribution is -2.41. The Labute approximate surface area is 166 Å². The van der Waals surface area contributed by atoms with E-state index in [-0.39, 0.29) is 23.8 Å². The Morgan fingerprint density at radius 1 is 1.04 bits per heavy atom. The SMILES string of the molecule is CC(C)OCc1ccc(C(=O)N2CCC(C(=O)Nc3ccccc3)CC2)cc1. The Hall–Kier alpha value is -2.66. The highest BCUT2D eigenvalue weighted by molar-refractivity contribution is 5.95. The third-order valence-corrected chi connectivity index (χ3v) is 4.98. The number of hydrogen-bond donors (Lipinski definition) is 1. The number of nitrogens with one attached hydrogen (secondary N) is 1. The summed E-state index contributed by atoms with van der Waals surface area (Å²) in [5.41, 5.74) is 2.55. The van der Waals surface area contributed by atoms with Gasteiger partial charge in [-0.25, -0.2) is 0 Å². The first kappa shape index (κ1) is 20.1. The molecule has 1 N–H and O–H groups in total. The molecule has 0 atom stereocenters. The van der Waals surface area contributed by atoms with Crippen molar-refractivity contribution in [1.29, 1.82) is 0 Å². The number of nitrogens with zero attached hydrogens (tertiary/aromatic N) is 1. The highest BCUT2D eigenvalue weighted by atomic mass is 16.5. The van der Waals surface area contributed by atoms with Crippen LogP contribution >= 0.6 is 0 Å². The molecule has 2 aromatic rings. The average Bonchev–Trinajstić information content (AvgIpc) is 2.73. The number of likely N-dealkylation sites (tertiary alicyclic amines) is 1. The van der Waals surface area contributed by atoms with Gasteiger partial charge in [0, 0.05) is 30.3 Å².